The predicted octanol–water partition coefficient (Wildman–Crippen LogP) is 3.55. The number of hydrogen-bond donors (Lipinski definition) is 3. The Morgan fingerprint density at radius 2 is 1.76 bits per heavy atom. The van der Waals surface area contributed by atoms with Crippen molar-refractivity contribution in [3.63, 3.8) is 0 Å². The Bertz CT molecular complexity index is 1560. The molecular formula is C35H47N5O9. The molecule has 0 saturated carbocycles. The van der Waals surface area contributed by atoms with Crippen molar-refractivity contribution in [1.29, 1.82) is 0 Å². The zero-order chi connectivity index (χ0) is 35.8. The first-order valence-electron chi connectivity index (χ1n) is 16.7. The number of nitrogens with zero attached hydrogens (tertiary/aromatic N) is 2. The fraction of sp³-hybridized carbons (Fsp3) is 0.543. The van der Waals surface area contributed by atoms with Crippen LogP contribution in [0, 0.1) is 11.8 Å². The molecule has 0 unspecified atom stereocenters. The number of esters is 1. The number of benzene rings is 1. The largest absolute Gasteiger partial charge is 0.510 e. The summed E-state index contributed by atoms with van der Waals surface area (Å²) in [6, 6.07) is 6.55. The van der Waals surface area contributed by atoms with Crippen molar-refractivity contribution in [2.24, 2.45) is 11.8 Å². The number of carbonyl (C=O) groups is 5. The summed E-state index contributed by atoms with van der Waals surface area (Å²) in [6.07, 6.45) is 1.64. The molecule has 2 aliphatic heterocycles. The van der Waals surface area contributed by atoms with Crippen LogP contribution in [0.3, 0.4) is 0 Å². The zero-order valence-electron chi connectivity index (χ0n) is 29.1. The minimum absolute atomic E-state index is 0.335. The van der Waals surface area contributed by atoms with Crippen molar-refractivity contribution in [3.05, 3.63) is 47.7 Å². The second kappa shape index (κ2) is 16.7. The van der Waals surface area contributed by atoms with Gasteiger partial charge in [-0.15, -0.1) is 0 Å². The Balaban J connectivity index is 1.68. The molecule has 3 N–H and O–H groups in total. The first-order valence-corrected chi connectivity index (χ1v) is 16.7. The quantitative estimate of drug-likeness (QED) is 0.301. The van der Waals surface area contributed by atoms with Crippen LogP contribution in [0.4, 0.5) is 4.79 Å². The second-order valence-electron chi connectivity index (χ2n) is 13.0. The number of aromatic nitrogens is 1. The summed E-state index contributed by atoms with van der Waals surface area (Å²) >= 11 is 0. The maximum Gasteiger partial charge on any atom is 0.510 e. The molecule has 0 radical (unpaired) electrons. The van der Waals surface area contributed by atoms with Gasteiger partial charge in [-0.2, -0.15) is 0 Å². The van der Waals surface area contributed by atoms with E-state index in [-0.39, 0.29) is 12.0 Å². The third-order valence-electron chi connectivity index (χ3n) is 8.30. The number of pyridine rings is 1. The van der Waals surface area contributed by atoms with Crippen molar-refractivity contribution in [2.75, 3.05) is 13.3 Å². The van der Waals surface area contributed by atoms with Gasteiger partial charge >= 0.3 is 12.1 Å². The molecule has 2 aromatic rings. The van der Waals surface area contributed by atoms with E-state index in [0.717, 1.165) is 10.9 Å². The molecule has 3 heterocycles. The van der Waals surface area contributed by atoms with Gasteiger partial charge in [-0.3, -0.25) is 24.2 Å². The molecule has 1 fully saturated rings. The third kappa shape index (κ3) is 9.98. The summed E-state index contributed by atoms with van der Waals surface area (Å²) in [5.41, 5.74) is 4.88. The highest BCUT2D eigenvalue weighted by molar-refractivity contribution is 5.93. The minimum Gasteiger partial charge on any atom is -0.455 e. The lowest BCUT2D eigenvalue weighted by Gasteiger charge is -2.35. The molecule has 14 nitrogen and oxygen atoms in total. The van der Waals surface area contributed by atoms with Crippen LogP contribution in [-0.2, 0) is 38.1 Å². The normalized spacial score (nSPS) is 25.4. The third-order valence-corrected chi connectivity index (χ3v) is 8.30. The lowest BCUT2D eigenvalue weighted by molar-refractivity contribution is -0.157. The highest BCUT2D eigenvalue weighted by atomic mass is 16.8. The maximum atomic E-state index is 13.8. The fourth-order valence-electron chi connectivity index (χ4n) is 5.49. The monoisotopic (exact) mass is 681 g/mol. The van der Waals surface area contributed by atoms with Crippen LogP contribution in [0.25, 0.3) is 17.0 Å². The molecule has 3 amide bonds. The summed E-state index contributed by atoms with van der Waals surface area (Å²) in [4.78, 5) is 70.5. The van der Waals surface area contributed by atoms with Crippen molar-refractivity contribution in [3.8, 4) is 0 Å². The van der Waals surface area contributed by atoms with Gasteiger partial charge in [-0.1, -0.05) is 44.2 Å². The van der Waals surface area contributed by atoms with E-state index in [1.807, 2.05) is 24.3 Å². The molecule has 266 valence electrons. The predicted molar refractivity (Wildman–Crippen MR) is 179 cm³/mol. The average Bonchev–Trinajstić information content (AvgIpc) is 3.05. The lowest BCUT2D eigenvalue weighted by Crippen LogP contribution is -2.61. The molecular weight excluding hydrogens is 634 g/mol. The van der Waals surface area contributed by atoms with Crippen molar-refractivity contribution < 1.29 is 42.9 Å². The minimum atomic E-state index is -1.00. The Morgan fingerprint density at radius 3 is 2.47 bits per heavy atom. The lowest BCUT2D eigenvalue weighted by atomic mass is 9.97. The molecule has 5 bridgehead atoms. The molecule has 1 aromatic carbocycles. The SMILES string of the molecule is CC(C)OC(=O)OCO[C@@H](C)[C@H]1/C=C/c2ccc3ccc(nc3c2)[C@@H](C)OC(=O)[C@@H]2CCCN(N2)C(=O)[C@H](C)NC(=O)[C@H](C(C)C)NC1=O. The topological polar surface area (TPSA) is 174 Å². The summed E-state index contributed by atoms with van der Waals surface area (Å²) in [6.45, 7) is 11.7. The van der Waals surface area contributed by atoms with Gasteiger partial charge in [0.15, 0.2) is 6.79 Å². The van der Waals surface area contributed by atoms with Crippen molar-refractivity contribution >= 4 is 46.8 Å². The van der Waals surface area contributed by atoms with Gasteiger partial charge in [0.2, 0.25) is 11.8 Å². The van der Waals surface area contributed by atoms with E-state index in [1.165, 1.54) is 5.01 Å². The zero-order valence-corrected chi connectivity index (χ0v) is 29.1. The van der Waals surface area contributed by atoms with Crippen molar-refractivity contribution in [2.45, 2.75) is 97.7 Å². The van der Waals surface area contributed by atoms with Gasteiger partial charge in [-0.05, 0) is 71.1 Å². The van der Waals surface area contributed by atoms with Gasteiger partial charge in [-0.25, -0.2) is 15.2 Å². The van der Waals surface area contributed by atoms with E-state index in [4.69, 9.17) is 23.9 Å². The standard InChI is InChI=1S/C35H47N5O9/c1-19(2)30-32(42)36-21(5)33(43)40-16-8-9-28(39-40)34(44)49-23(7)27-15-13-25-12-10-24(17-29(25)37-27)11-14-26(31(41)38-30)22(6)46-18-47-35(45)48-20(3)4/h10-15,17,19-23,26,28,30,39H,8-9,16,18H2,1-7H3,(H,36,42)(H,38,41)/b14-11+/t21-,22-,23+,26+,28-,30-/m0/s1. The van der Waals surface area contributed by atoms with Gasteiger partial charge < -0.3 is 29.6 Å². The molecule has 2 aliphatic rings. The molecule has 0 aliphatic carbocycles. The first kappa shape index (κ1) is 37.3. The summed E-state index contributed by atoms with van der Waals surface area (Å²) in [5.74, 6) is -3.31. The Kier molecular flexibility index (Phi) is 12.7. The number of cyclic esters (lactones) is 1. The smallest absolute Gasteiger partial charge is 0.455 e. The highest BCUT2D eigenvalue weighted by Gasteiger charge is 2.35. The molecule has 14 heteroatoms. The van der Waals surface area contributed by atoms with Crippen LogP contribution in [0.2, 0.25) is 0 Å². The van der Waals surface area contributed by atoms with E-state index in [9.17, 15) is 24.0 Å². The van der Waals surface area contributed by atoms with Gasteiger partial charge in [0, 0.05) is 11.9 Å². The Labute approximate surface area is 286 Å². The average molecular weight is 682 g/mol. The van der Waals surface area contributed by atoms with E-state index < -0.39 is 72.9 Å². The first-order chi connectivity index (χ1) is 23.2. The van der Waals surface area contributed by atoms with Gasteiger partial charge in [0.05, 0.1) is 29.3 Å². The number of nitrogens with one attached hydrogen (secondary N) is 3. The Morgan fingerprint density at radius 1 is 1.02 bits per heavy atom. The maximum absolute atomic E-state index is 13.8. The number of hydrazine groups is 1. The summed E-state index contributed by atoms with van der Waals surface area (Å²) in [5, 5.41) is 7.73. The molecule has 6 atom stereocenters. The van der Waals surface area contributed by atoms with Crippen molar-refractivity contribution in [1.82, 2.24) is 26.1 Å². The van der Waals surface area contributed by atoms with Crippen LogP contribution < -0.4 is 16.1 Å². The van der Waals surface area contributed by atoms with E-state index >= 15 is 0 Å². The number of carbonyl (C=O) groups excluding carboxylic acids is 5. The van der Waals surface area contributed by atoms with E-state index in [2.05, 4.69) is 16.1 Å². The van der Waals surface area contributed by atoms with Crippen LogP contribution in [-0.4, -0.2) is 83.5 Å². The number of rotatable bonds is 6. The van der Waals surface area contributed by atoms with Crippen LogP contribution in [0.15, 0.2) is 36.4 Å². The number of fused-ring (bicyclic) bond motifs is 4. The molecule has 1 saturated heterocycles. The van der Waals surface area contributed by atoms with Crippen LogP contribution >= 0.6 is 0 Å². The molecule has 0 spiro atoms. The van der Waals surface area contributed by atoms with Crippen LogP contribution in [0.5, 0.6) is 0 Å². The number of amides is 3. The second-order valence-corrected chi connectivity index (χ2v) is 13.0. The number of ether oxygens (including phenoxy) is 4. The molecule has 1 aromatic heterocycles. The highest BCUT2D eigenvalue weighted by Crippen LogP contribution is 2.23. The number of hydrogen-bond acceptors (Lipinski definition) is 11. The summed E-state index contributed by atoms with van der Waals surface area (Å²) < 4.78 is 21.5. The molecule has 49 heavy (non-hydrogen) atoms. The van der Waals surface area contributed by atoms with Gasteiger partial charge in [0.1, 0.15) is 24.2 Å². The molecule has 4 rings (SSSR count). The van der Waals surface area contributed by atoms with Gasteiger partial charge in [0.25, 0.3) is 5.91 Å². The summed E-state index contributed by atoms with van der Waals surface area (Å²) in [7, 11) is 0. The Hall–Kier alpha value is -4.56. The van der Waals surface area contributed by atoms with E-state index in [0.29, 0.717) is 30.6 Å². The fourth-order valence-corrected chi connectivity index (χ4v) is 5.49. The van der Waals surface area contributed by atoms with Crippen LogP contribution in [0.1, 0.15) is 78.7 Å². The van der Waals surface area contributed by atoms with E-state index in [1.54, 1.807) is 66.7 Å².